The highest BCUT2D eigenvalue weighted by molar-refractivity contribution is 5.84. The van der Waals surface area contributed by atoms with Gasteiger partial charge in [-0.2, -0.15) is 5.26 Å². The summed E-state index contributed by atoms with van der Waals surface area (Å²) < 4.78 is 0. The Bertz CT molecular complexity index is 208. The van der Waals surface area contributed by atoms with Crippen LogP contribution in [0, 0.1) is 11.3 Å². The molecule has 4 nitrogen and oxygen atoms in total. The van der Waals surface area contributed by atoms with Crippen molar-refractivity contribution in [3.05, 3.63) is 0 Å². The van der Waals surface area contributed by atoms with Gasteiger partial charge in [-0.3, -0.25) is 4.79 Å². The van der Waals surface area contributed by atoms with Crippen molar-refractivity contribution in [1.29, 1.82) is 5.26 Å². The number of carbonyl (C=O) groups is 1. The second-order valence-electron chi connectivity index (χ2n) is 2.73. The van der Waals surface area contributed by atoms with Crippen molar-refractivity contribution < 1.29 is 4.79 Å². The number of likely N-dealkylation sites (tertiary alicyclic amines) is 1. The van der Waals surface area contributed by atoms with Gasteiger partial charge in [-0.25, -0.2) is 0 Å². The molecule has 1 heterocycles. The first kappa shape index (κ1) is 8.02. The van der Waals surface area contributed by atoms with Gasteiger partial charge in [-0.1, -0.05) is 0 Å². The second kappa shape index (κ2) is 2.89. The van der Waals surface area contributed by atoms with Gasteiger partial charge in [-0.05, 0) is 13.3 Å². The standard InChI is InChI=1S/C7H11N3O/c1-5(4-8)10-3-2-6(9)7(10)11/h5-6H,2-3,9H2,1H3/t5?,6-/m1/s1. The van der Waals surface area contributed by atoms with Gasteiger partial charge in [0.05, 0.1) is 12.1 Å². The molecule has 0 bridgehead atoms. The molecule has 0 aromatic heterocycles. The van der Waals surface area contributed by atoms with Gasteiger partial charge >= 0.3 is 0 Å². The third-order valence-corrected chi connectivity index (χ3v) is 1.94. The molecule has 1 fully saturated rings. The molecule has 60 valence electrons. The van der Waals surface area contributed by atoms with E-state index in [1.807, 2.05) is 6.07 Å². The molecule has 2 atom stereocenters. The lowest BCUT2D eigenvalue weighted by molar-refractivity contribution is -0.129. The molecule has 2 N–H and O–H groups in total. The van der Waals surface area contributed by atoms with Crippen LogP contribution in [0.4, 0.5) is 0 Å². The largest absolute Gasteiger partial charge is 0.326 e. The van der Waals surface area contributed by atoms with Crippen LogP contribution in [0.1, 0.15) is 13.3 Å². The lowest BCUT2D eigenvalue weighted by Crippen LogP contribution is -2.38. The average molecular weight is 153 g/mol. The first-order chi connectivity index (χ1) is 5.16. The fourth-order valence-electron chi connectivity index (χ4n) is 1.18. The number of nitrogens with zero attached hydrogens (tertiary/aromatic N) is 2. The minimum Gasteiger partial charge on any atom is -0.326 e. The van der Waals surface area contributed by atoms with Crippen molar-refractivity contribution in [3.63, 3.8) is 0 Å². The summed E-state index contributed by atoms with van der Waals surface area (Å²) in [6.07, 6.45) is 0.671. The Hall–Kier alpha value is -1.08. The number of nitrogens with two attached hydrogens (primary N) is 1. The fourth-order valence-corrected chi connectivity index (χ4v) is 1.18. The molecule has 11 heavy (non-hydrogen) atoms. The smallest absolute Gasteiger partial charge is 0.240 e. The van der Waals surface area contributed by atoms with Crippen molar-refractivity contribution in [3.8, 4) is 6.07 Å². The van der Waals surface area contributed by atoms with Crippen LogP contribution in [-0.4, -0.2) is 29.4 Å². The van der Waals surface area contributed by atoms with E-state index < -0.39 is 0 Å². The zero-order chi connectivity index (χ0) is 8.43. The van der Waals surface area contributed by atoms with Crippen LogP contribution in [-0.2, 0) is 4.79 Å². The first-order valence-corrected chi connectivity index (χ1v) is 3.62. The monoisotopic (exact) mass is 153 g/mol. The van der Waals surface area contributed by atoms with Crippen molar-refractivity contribution in [2.24, 2.45) is 5.73 Å². The van der Waals surface area contributed by atoms with Gasteiger partial charge in [0.25, 0.3) is 0 Å². The Morgan fingerprint density at radius 1 is 1.91 bits per heavy atom. The maximum atomic E-state index is 11.2. The van der Waals surface area contributed by atoms with Gasteiger partial charge in [0.1, 0.15) is 6.04 Å². The Kier molecular flexibility index (Phi) is 2.11. The molecule has 0 saturated carbocycles. The van der Waals surface area contributed by atoms with Gasteiger partial charge in [0.15, 0.2) is 0 Å². The molecule has 0 radical (unpaired) electrons. The zero-order valence-corrected chi connectivity index (χ0v) is 6.45. The lowest BCUT2D eigenvalue weighted by atomic mass is 10.3. The van der Waals surface area contributed by atoms with Crippen LogP contribution in [0.15, 0.2) is 0 Å². The van der Waals surface area contributed by atoms with Gasteiger partial charge < -0.3 is 10.6 Å². The van der Waals surface area contributed by atoms with Gasteiger partial charge in [-0.15, -0.1) is 0 Å². The number of hydrogen-bond acceptors (Lipinski definition) is 3. The number of amides is 1. The third-order valence-electron chi connectivity index (χ3n) is 1.94. The Balaban J connectivity index is 2.64. The molecular weight excluding hydrogens is 142 g/mol. The van der Waals surface area contributed by atoms with E-state index in [1.54, 1.807) is 6.92 Å². The fraction of sp³-hybridized carbons (Fsp3) is 0.714. The van der Waals surface area contributed by atoms with Crippen LogP contribution >= 0.6 is 0 Å². The summed E-state index contributed by atoms with van der Waals surface area (Å²) in [6.45, 7) is 2.32. The molecule has 4 heteroatoms. The SMILES string of the molecule is CC(C#N)N1CC[C@@H](N)C1=O. The molecule has 0 aliphatic carbocycles. The van der Waals surface area contributed by atoms with Crippen LogP contribution in [0.2, 0.25) is 0 Å². The minimum absolute atomic E-state index is 0.0981. The topological polar surface area (TPSA) is 70.1 Å². The molecule has 0 spiro atoms. The normalized spacial score (nSPS) is 26.8. The van der Waals surface area contributed by atoms with Crippen molar-refractivity contribution in [1.82, 2.24) is 4.90 Å². The van der Waals surface area contributed by atoms with E-state index in [0.717, 1.165) is 0 Å². The molecule has 1 saturated heterocycles. The highest BCUT2D eigenvalue weighted by Crippen LogP contribution is 2.11. The van der Waals surface area contributed by atoms with Crippen molar-refractivity contribution in [2.75, 3.05) is 6.54 Å². The molecule has 1 rings (SSSR count). The molecule has 1 unspecified atom stereocenters. The van der Waals surface area contributed by atoms with E-state index >= 15 is 0 Å². The van der Waals surface area contributed by atoms with Crippen LogP contribution < -0.4 is 5.73 Å². The summed E-state index contributed by atoms with van der Waals surface area (Å²) in [4.78, 5) is 12.7. The average Bonchev–Trinajstić information content (AvgIpc) is 2.32. The van der Waals surface area contributed by atoms with E-state index in [4.69, 9.17) is 11.0 Å². The summed E-state index contributed by atoms with van der Waals surface area (Å²) in [5.41, 5.74) is 5.46. The number of nitriles is 1. The summed E-state index contributed by atoms with van der Waals surface area (Å²) in [5.74, 6) is -0.0981. The van der Waals surface area contributed by atoms with E-state index in [2.05, 4.69) is 0 Å². The second-order valence-corrected chi connectivity index (χ2v) is 2.73. The predicted octanol–water partition coefficient (Wildman–Crippen LogP) is -0.542. The van der Waals surface area contributed by atoms with Crippen LogP contribution in [0.25, 0.3) is 0 Å². The molecule has 0 aromatic carbocycles. The van der Waals surface area contributed by atoms with Crippen LogP contribution in [0.5, 0.6) is 0 Å². The van der Waals surface area contributed by atoms with E-state index in [9.17, 15) is 4.79 Å². The zero-order valence-electron chi connectivity index (χ0n) is 6.45. The molecular formula is C7H11N3O. The molecule has 1 aliphatic rings. The van der Waals surface area contributed by atoms with E-state index in [0.29, 0.717) is 13.0 Å². The first-order valence-electron chi connectivity index (χ1n) is 3.62. The quantitative estimate of drug-likeness (QED) is 0.550. The Morgan fingerprint density at radius 2 is 2.55 bits per heavy atom. The maximum Gasteiger partial charge on any atom is 0.240 e. The molecule has 1 amide bonds. The number of carbonyl (C=O) groups excluding carboxylic acids is 1. The van der Waals surface area contributed by atoms with Crippen molar-refractivity contribution >= 4 is 5.91 Å². The Labute approximate surface area is 65.6 Å². The third kappa shape index (κ3) is 1.33. The van der Waals surface area contributed by atoms with E-state index in [1.165, 1.54) is 4.90 Å². The highest BCUT2D eigenvalue weighted by Gasteiger charge is 2.31. The molecule has 1 aliphatic heterocycles. The Morgan fingerprint density at radius 3 is 2.91 bits per heavy atom. The van der Waals surface area contributed by atoms with E-state index in [-0.39, 0.29) is 18.0 Å². The lowest BCUT2D eigenvalue weighted by Gasteiger charge is -2.17. The number of hydrogen-bond donors (Lipinski definition) is 1. The summed E-state index contributed by atoms with van der Waals surface area (Å²) in [7, 11) is 0. The van der Waals surface area contributed by atoms with Gasteiger partial charge in [0.2, 0.25) is 5.91 Å². The van der Waals surface area contributed by atoms with Crippen LogP contribution in [0.3, 0.4) is 0 Å². The highest BCUT2D eigenvalue weighted by atomic mass is 16.2. The van der Waals surface area contributed by atoms with Crippen molar-refractivity contribution in [2.45, 2.75) is 25.4 Å². The summed E-state index contributed by atoms with van der Waals surface area (Å²) in [6, 6.07) is 1.29. The predicted molar refractivity (Wildman–Crippen MR) is 39.4 cm³/mol. The molecule has 0 aromatic rings. The minimum atomic E-state index is -0.384. The van der Waals surface area contributed by atoms with Gasteiger partial charge in [0, 0.05) is 6.54 Å². The maximum absolute atomic E-state index is 11.2. The summed E-state index contributed by atoms with van der Waals surface area (Å²) in [5, 5.41) is 8.51. The number of rotatable bonds is 1. The summed E-state index contributed by atoms with van der Waals surface area (Å²) >= 11 is 0.